The molecule has 2 aliphatic rings. The molecule has 2 unspecified atom stereocenters. The van der Waals surface area contributed by atoms with Gasteiger partial charge in [-0.25, -0.2) is 0 Å². The van der Waals surface area contributed by atoms with Gasteiger partial charge in [0.15, 0.2) is 0 Å². The number of fused-ring (bicyclic) bond motifs is 5. The van der Waals surface area contributed by atoms with E-state index in [2.05, 4.69) is 55.1 Å². The maximum absolute atomic E-state index is 5.71. The zero-order valence-electron chi connectivity index (χ0n) is 17.0. The zero-order chi connectivity index (χ0) is 20.1. The van der Waals surface area contributed by atoms with Crippen LogP contribution in [0.25, 0.3) is 21.5 Å². The van der Waals surface area contributed by atoms with E-state index in [4.69, 9.17) is 9.47 Å². The summed E-state index contributed by atoms with van der Waals surface area (Å²) in [7, 11) is 1.79. The van der Waals surface area contributed by atoms with E-state index in [9.17, 15) is 0 Å². The van der Waals surface area contributed by atoms with Crippen LogP contribution in [0, 0.1) is 0 Å². The van der Waals surface area contributed by atoms with E-state index in [-0.39, 0.29) is 6.10 Å². The molecule has 29 heavy (non-hydrogen) atoms. The summed E-state index contributed by atoms with van der Waals surface area (Å²) in [4.78, 5) is 0. The fourth-order valence-corrected chi connectivity index (χ4v) is 4.57. The van der Waals surface area contributed by atoms with Crippen LogP contribution in [-0.4, -0.2) is 19.8 Å². The molecule has 0 N–H and O–H groups in total. The first-order valence-electron chi connectivity index (χ1n) is 10.4. The summed E-state index contributed by atoms with van der Waals surface area (Å²) < 4.78 is 10.5. The van der Waals surface area contributed by atoms with Gasteiger partial charge in [-0.05, 0) is 64.1 Å². The second-order valence-corrected chi connectivity index (χ2v) is 7.54. The van der Waals surface area contributed by atoms with Gasteiger partial charge in [-0.2, -0.15) is 0 Å². The number of methoxy groups -OCH3 is 1. The van der Waals surface area contributed by atoms with Crippen LogP contribution in [0.15, 0.2) is 85.7 Å². The van der Waals surface area contributed by atoms with E-state index in [0.29, 0.717) is 5.92 Å². The monoisotopic (exact) mass is 384 g/mol. The minimum atomic E-state index is 0.0890. The van der Waals surface area contributed by atoms with E-state index < -0.39 is 0 Å². The summed E-state index contributed by atoms with van der Waals surface area (Å²) in [5.74, 6) is 0.408. The van der Waals surface area contributed by atoms with Crippen molar-refractivity contribution in [1.82, 2.24) is 0 Å². The summed E-state index contributed by atoms with van der Waals surface area (Å²) >= 11 is 0. The second kappa shape index (κ2) is 9.11. The third-order valence-electron chi connectivity index (χ3n) is 5.91. The molecule has 148 valence electrons. The van der Waals surface area contributed by atoms with Gasteiger partial charge in [-0.1, -0.05) is 60.7 Å². The summed E-state index contributed by atoms with van der Waals surface area (Å²) in [6.07, 6.45) is 13.1. The molecule has 0 saturated heterocycles. The molecule has 5 rings (SSSR count). The molecule has 3 aromatic rings. The molecular formula is C27H28O2. The largest absolute Gasteiger partial charge is 0.497 e. The summed E-state index contributed by atoms with van der Waals surface area (Å²) in [5, 5.41) is 5.38. The molecule has 1 heterocycles. The number of hydrogen-bond donors (Lipinski definition) is 0. The SMILES string of the molecule is C1=CCOC=C1.C=CC(OC)C1CCCc2ccc3c(ccc4ccccc43)c21. The molecule has 0 amide bonds. The molecule has 0 bridgehead atoms. The third-order valence-corrected chi connectivity index (χ3v) is 5.91. The molecule has 0 radical (unpaired) electrons. The lowest BCUT2D eigenvalue weighted by atomic mass is 9.77. The highest BCUT2D eigenvalue weighted by Gasteiger charge is 2.28. The highest BCUT2D eigenvalue weighted by Crippen LogP contribution is 2.41. The number of allylic oxidation sites excluding steroid dienone is 2. The van der Waals surface area contributed by atoms with Crippen molar-refractivity contribution in [2.24, 2.45) is 0 Å². The quantitative estimate of drug-likeness (QED) is 0.369. The third kappa shape index (κ3) is 3.99. The molecule has 0 fully saturated rings. The molecule has 2 nitrogen and oxygen atoms in total. The van der Waals surface area contributed by atoms with Gasteiger partial charge in [0.05, 0.1) is 12.4 Å². The molecule has 0 aromatic heterocycles. The Balaban J connectivity index is 0.000000294. The molecule has 0 spiro atoms. The maximum atomic E-state index is 5.71. The van der Waals surface area contributed by atoms with Gasteiger partial charge in [0.25, 0.3) is 0 Å². The number of benzene rings is 3. The Kier molecular flexibility index (Phi) is 6.12. The van der Waals surface area contributed by atoms with Gasteiger partial charge in [-0.15, -0.1) is 6.58 Å². The lowest BCUT2D eigenvalue weighted by molar-refractivity contribution is 0.111. The average Bonchev–Trinajstić information content (AvgIpc) is 2.81. The lowest BCUT2D eigenvalue weighted by Gasteiger charge is -2.31. The first-order chi connectivity index (χ1) is 14.3. The minimum absolute atomic E-state index is 0.0890. The minimum Gasteiger partial charge on any atom is -0.497 e. The highest BCUT2D eigenvalue weighted by atomic mass is 16.5. The average molecular weight is 385 g/mol. The van der Waals surface area contributed by atoms with E-state index in [0.717, 1.165) is 6.61 Å². The second-order valence-electron chi connectivity index (χ2n) is 7.54. The standard InChI is InChI=1S/C22H22O.C5H6O/c1-3-21(23-2)20-10-6-8-16-12-13-18-17-9-5-4-7-15(17)11-14-19(18)22(16)20;1-2-4-6-5-3-1/h3-5,7,9,11-14,20-21H,1,6,8,10H2,2H3;1-4H,5H2. The lowest BCUT2D eigenvalue weighted by Crippen LogP contribution is -2.23. The number of rotatable bonds is 3. The summed E-state index contributed by atoms with van der Waals surface area (Å²) in [6, 6.07) is 17.8. The topological polar surface area (TPSA) is 18.5 Å². The van der Waals surface area contributed by atoms with Crippen molar-refractivity contribution in [3.05, 3.63) is 96.8 Å². The smallest absolute Gasteiger partial charge is 0.106 e. The van der Waals surface area contributed by atoms with Gasteiger partial charge in [0, 0.05) is 13.0 Å². The number of aryl methyl sites for hydroxylation is 1. The molecule has 1 aliphatic carbocycles. The molecule has 0 saturated carbocycles. The Hall–Kier alpha value is -2.84. The maximum Gasteiger partial charge on any atom is 0.106 e. The van der Waals surface area contributed by atoms with Crippen LogP contribution in [0.5, 0.6) is 0 Å². The fourth-order valence-electron chi connectivity index (χ4n) is 4.57. The summed E-state index contributed by atoms with van der Waals surface area (Å²) in [6.45, 7) is 4.72. The van der Waals surface area contributed by atoms with Crippen molar-refractivity contribution in [3.8, 4) is 0 Å². The Morgan fingerprint density at radius 3 is 2.59 bits per heavy atom. The van der Waals surface area contributed by atoms with Crippen LogP contribution in [0.1, 0.15) is 29.9 Å². The first kappa shape index (κ1) is 19.5. The Morgan fingerprint density at radius 1 is 1.03 bits per heavy atom. The molecular weight excluding hydrogens is 356 g/mol. The normalized spacial score (nSPS) is 18.4. The van der Waals surface area contributed by atoms with E-state index in [1.807, 2.05) is 24.3 Å². The van der Waals surface area contributed by atoms with Crippen LogP contribution in [0.3, 0.4) is 0 Å². The summed E-state index contributed by atoms with van der Waals surface area (Å²) in [5.41, 5.74) is 2.96. The van der Waals surface area contributed by atoms with Crippen LogP contribution in [0.4, 0.5) is 0 Å². The van der Waals surface area contributed by atoms with Crippen LogP contribution in [-0.2, 0) is 15.9 Å². The van der Waals surface area contributed by atoms with Gasteiger partial charge < -0.3 is 9.47 Å². The van der Waals surface area contributed by atoms with Gasteiger partial charge in [0.2, 0.25) is 0 Å². The van der Waals surface area contributed by atoms with E-state index >= 15 is 0 Å². The number of ether oxygens (including phenoxy) is 2. The van der Waals surface area contributed by atoms with Crippen LogP contribution in [0.2, 0.25) is 0 Å². The molecule has 1 aliphatic heterocycles. The van der Waals surface area contributed by atoms with Crippen LogP contribution < -0.4 is 0 Å². The predicted molar refractivity (Wildman–Crippen MR) is 122 cm³/mol. The van der Waals surface area contributed by atoms with Gasteiger partial charge in [-0.3, -0.25) is 0 Å². The van der Waals surface area contributed by atoms with Crippen molar-refractivity contribution in [1.29, 1.82) is 0 Å². The first-order valence-corrected chi connectivity index (χ1v) is 10.4. The Morgan fingerprint density at radius 2 is 1.90 bits per heavy atom. The molecule has 2 atom stereocenters. The number of hydrogen-bond acceptors (Lipinski definition) is 2. The van der Waals surface area contributed by atoms with Crippen molar-refractivity contribution in [2.45, 2.75) is 31.3 Å². The molecule has 3 aromatic carbocycles. The van der Waals surface area contributed by atoms with E-state index in [1.54, 1.807) is 13.4 Å². The Bertz CT molecular complexity index is 1050. The van der Waals surface area contributed by atoms with Crippen molar-refractivity contribution < 1.29 is 9.47 Å². The zero-order valence-corrected chi connectivity index (χ0v) is 17.0. The highest BCUT2D eigenvalue weighted by molar-refractivity contribution is 6.08. The van der Waals surface area contributed by atoms with Crippen LogP contribution >= 0.6 is 0 Å². The van der Waals surface area contributed by atoms with Crippen molar-refractivity contribution >= 4 is 21.5 Å². The molecule has 2 heteroatoms. The van der Waals surface area contributed by atoms with Gasteiger partial charge in [0.1, 0.15) is 6.61 Å². The van der Waals surface area contributed by atoms with E-state index in [1.165, 1.54) is 51.9 Å². The fraction of sp³-hybridized carbons (Fsp3) is 0.259. The van der Waals surface area contributed by atoms with Gasteiger partial charge >= 0.3 is 0 Å². The Labute approximate surface area is 173 Å². The predicted octanol–water partition coefficient (Wildman–Crippen LogP) is 6.70. The van der Waals surface area contributed by atoms with Crippen molar-refractivity contribution in [2.75, 3.05) is 13.7 Å². The van der Waals surface area contributed by atoms with Crippen molar-refractivity contribution in [3.63, 3.8) is 0 Å².